The van der Waals surface area contributed by atoms with E-state index in [9.17, 15) is 18.8 Å². The molecule has 2 atom stereocenters. The third-order valence-electron chi connectivity index (χ3n) is 6.88. The first-order valence-corrected chi connectivity index (χ1v) is 14.4. The number of likely N-dealkylation sites (tertiary alicyclic amines) is 1. The molecule has 3 aromatic heterocycles. The number of nitrogens with zero attached hydrogens (tertiary/aromatic N) is 7. The van der Waals surface area contributed by atoms with Gasteiger partial charge in [0.2, 0.25) is 16.9 Å². The molecule has 0 aliphatic carbocycles. The number of halogens is 3. The van der Waals surface area contributed by atoms with Crippen LogP contribution in [0.5, 0.6) is 0 Å². The van der Waals surface area contributed by atoms with E-state index in [0.29, 0.717) is 31.5 Å². The third kappa shape index (κ3) is 5.76. The summed E-state index contributed by atoms with van der Waals surface area (Å²) in [5, 5.41) is 24.4. The molecule has 16 heteroatoms. The van der Waals surface area contributed by atoms with Crippen molar-refractivity contribution in [1.29, 1.82) is 0 Å². The molecule has 2 aromatic carbocycles. The molecule has 0 bridgehead atoms. The Bertz CT molecular complexity index is 1880. The molecular weight excluding hydrogens is 620 g/mol. The average molecular weight is 640 g/mol. The van der Waals surface area contributed by atoms with Gasteiger partial charge in [-0.25, -0.2) is 4.39 Å². The lowest BCUT2D eigenvalue weighted by molar-refractivity contribution is -0.137. The standard InChI is InChI=1S/C27H20Cl2FN9O3S/c28-18-3-1-14(8-19(18)29)26-35-36-27(43-26)34-25(42)21-9-16(30)11-38(21)22(40)12-39-20-4-2-13(15-5-6-32-33-10-15)7-17(20)23(37-39)24(31)41/h1-8,10,16,21H,9,11-12H2,(H2,31,41)(H,34,36,42)/t16-,21+/m1/s1. The number of carbonyl (C=O) groups excluding carboxylic acids is 3. The van der Waals surface area contributed by atoms with Crippen LogP contribution in [-0.4, -0.2) is 71.6 Å². The first-order chi connectivity index (χ1) is 20.7. The summed E-state index contributed by atoms with van der Waals surface area (Å²) < 4.78 is 15.9. The monoisotopic (exact) mass is 639 g/mol. The van der Waals surface area contributed by atoms with Gasteiger partial charge in [-0.3, -0.25) is 24.4 Å². The van der Waals surface area contributed by atoms with E-state index in [1.165, 1.54) is 10.9 Å². The fraction of sp³-hybridized carbons (Fsp3) is 0.185. The number of nitrogens with two attached hydrogens (primary N) is 1. The normalized spacial score (nSPS) is 16.5. The molecule has 1 aliphatic rings. The summed E-state index contributed by atoms with van der Waals surface area (Å²) in [4.78, 5) is 40.0. The van der Waals surface area contributed by atoms with Crippen LogP contribution in [0.25, 0.3) is 32.6 Å². The Morgan fingerprint density at radius 2 is 1.84 bits per heavy atom. The molecule has 1 fully saturated rings. The Hall–Kier alpha value is -4.53. The van der Waals surface area contributed by atoms with Crippen molar-refractivity contribution in [3.8, 4) is 21.7 Å². The van der Waals surface area contributed by atoms with Crippen molar-refractivity contribution in [3.63, 3.8) is 0 Å². The van der Waals surface area contributed by atoms with Crippen molar-refractivity contribution < 1.29 is 18.8 Å². The number of rotatable bonds is 7. The Labute approximate surface area is 256 Å². The molecule has 6 rings (SSSR count). The maximum atomic E-state index is 14.6. The van der Waals surface area contributed by atoms with Crippen LogP contribution in [-0.2, 0) is 16.1 Å². The minimum atomic E-state index is -1.41. The van der Waals surface area contributed by atoms with Crippen LogP contribution >= 0.6 is 34.5 Å². The maximum Gasteiger partial charge on any atom is 0.269 e. The molecule has 0 radical (unpaired) electrons. The smallest absolute Gasteiger partial charge is 0.269 e. The molecule has 5 aromatic rings. The minimum absolute atomic E-state index is 0.0280. The van der Waals surface area contributed by atoms with Crippen molar-refractivity contribution in [2.24, 2.45) is 5.73 Å². The largest absolute Gasteiger partial charge is 0.364 e. The number of primary amides is 1. The molecule has 43 heavy (non-hydrogen) atoms. The molecule has 218 valence electrons. The van der Waals surface area contributed by atoms with Crippen LogP contribution in [0.15, 0.2) is 54.9 Å². The summed E-state index contributed by atoms with van der Waals surface area (Å²) >= 11 is 13.2. The van der Waals surface area contributed by atoms with E-state index in [0.717, 1.165) is 27.4 Å². The number of benzene rings is 2. The van der Waals surface area contributed by atoms with Gasteiger partial charge in [0.15, 0.2) is 5.69 Å². The number of alkyl halides is 1. The van der Waals surface area contributed by atoms with Crippen molar-refractivity contribution in [1.82, 2.24) is 35.1 Å². The van der Waals surface area contributed by atoms with Crippen LogP contribution in [0, 0.1) is 0 Å². The number of nitrogens with one attached hydrogen (secondary N) is 1. The minimum Gasteiger partial charge on any atom is -0.364 e. The highest BCUT2D eigenvalue weighted by atomic mass is 35.5. The van der Waals surface area contributed by atoms with Crippen molar-refractivity contribution >= 4 is 68.3 Å². The summed E-state index contributed by atoms with van der Waals surface area (Å²) in [5.74, 6) is -1.94. The highest BCUT2D eigenvalue weighted by Gasteiger charge is 2.40. The van der Waals surface area contributed by atoms with Crippen LogP contribution in [0.2, 0.25) is 10.0 Å². The van der Waals surface area contributed by atoms with Gasteiger partial charge in [-0.1, -0.05) is 46.7 Å². The van der Waals surface area contributed by atoms with Gasteiger partial charge in [0.05, 0.1) is 34.5 Å². The predicted molar refractivity (Wildman–Crippen MR) is 158 cm³/mol. The lowest BCUT2D eigenvalue weighted by atomic mass is 10.0. The highest BCUT2D eigenvalue weighted by molar-refractivity contribution is 7.18. The molecule has 12 nitrogen and oxygen atoms in total. The topological polar surface area (TPSA) is 162 Å². The number of hydrogen-bond acceptors (Lipinski definition) is 9. The lowest BCUT2D eigenvalue weighted by Gasteiger charge is -2.23. The first kappa shape index (κ1) is 28.6. The quantitative estimate of drug-likeness (QED) is 0.270. The van der Waals surface area contributed by atoms with Crippen LogP contribution in [0.4, 0.5) is 9.52 Å². The van der Waals surface area contributed by atoms with Crippen molar-refractivity contribution in [2.45, 2.75) is 25.2 Å². The Kier molecular flexibility index (Phi) is 7.73. The number of hydrogen-bond donors (Lipinski definition) is 2. The van der Waals surface area contributed by atoms with Gasteiger partial charge in [0.1, 0.15) is 23.8 Å². The summed E-state index contributed by atoms with van der Waals surface area (Å²) in [6, 6.07) is 10.8. The van der Waals surface area contributed by atoms with E-state index in [-0.39, 0.29) is 30.3 Å². The van der Waals surface area contributed by atoms with Gasteiger partial charge in [-0.05, 0) is 35.9 Å². The van der Waals surface area contributed by atoms with Crippen LogP contribution < -0.4 is 11.1 Å². The zero-order chi connectivity index (χ0) is 30.2. The van der Waals surface area contributed by atoms with Gasteiger partial charge in [-0.15, -0.1) is 10.2 Å². The fourth-order valence-corrected chi connectivity index (χ4v) is 5.90. The van der Waals surface area contributed by atoms with E-state index in [4.69, 9.17) is 28.9 Å². The zero-order valence-corrected chi connectivity index (χ0v) is 24.3. The van der Waals surface area contributed by atoms with Gasteiger partial charge in [0.25, 0.3) is 5.91 Å². The molecule has 3 N–H and O–H groups in total. The molecule has 3 amide bonds. The first-order valence-electron chi connectivity index (χ1n) is 12.8. The SMILES string of the molecule is NC(=O)c1nn(CC(=O)N2C[C@H](F)C[C@H]2C(=O)Nc2nnc(-c3ccc(Cl)c(Cl)c3)s2)c2ccc(-c3ccnnc3)cc12. The molecule has 4 heterocycles. The summed E-state index contributed by atoms with van der Waals surface area (Å²) in [6.45, 7) is -0.626. The van der Waals surface area contributed by atoms with E-state index < -0.39 is 29.9 Å². The summed E-state index contributed by atoms with van der Waals surface area (Å²) in [6.07, 6.45) is 1.51. The van der Waals surface area contributed by atoms with Gasteiger partial charge in [-0.2, -0.15) is 15.3 Å². The van der Waals surface area contributed by atoms with Crippen LogP contribution in [0.1, 0.15) is 16.9 Å². The zero-order valence-electron chi connectivity index (χ0n) is 21.9. The number of amides is 3. The average Bonchev–Trinajstić information content (AvgIpc) is 3.72. The number of aromatic nitrogens is 6. The van der Waals surface area contributed by atoms with Crippen molar-refractivity contribution in [2.75, 3.05) is 11.9 Å². The predicted octanol–water partition coefficient (Wildman–Crippen LogP) is 4.00. The molecule has 0 spiro atoms. The number of fused-ring (bicyclic) bond motifs is 1. The van der Waals surface area contributed by atoms with Gasteiger partial charge in [0, 0.05) is 22.9 Å². The Morgan fingerprint density at radius 3 is 2.58 bits per heavy atom. The van der Waals surface area contributed by atoms with Crippen LogP contribution in [0.3, 0.4) is 0 Å². The summed E-state index contributed by atoms with van der Waals surface area (Å²) in [7, 11) is 0. The lowest BCUT2D eigenvalue weighted by Crippen LogP contribution is -2.44. The molecular formula is C27H20Cl2FN9O3S. The maximum absolute atomic E-state index is 14.6. The van der Waals surface area contributed by atoms with E-state index >= 15 is 0 Å². The summed E-state index contributed by atoms with van der Waals surface area (Å²) in [5.41, 5.74) is 8.18. The molecule has 0 unspecified atom stereocenters. The second kappa shape index (κ2) is 11.6. The second-order valence-corrected chi connectivity index (χ2v) is 11.5. The second-order valence-electron chi connectivity index (χ2n) is 9.66. The van der Waals surface area contributed by atoms with Gasteiger partial charge >= 0.3 is 0 Å². The Balaban J connectivity index is 1.21. The third-order valence-corrected chi connectivity index (χ3v) is 8.51. The van der Waals surface area contributed by atoms with E-state index in [1.54, 1.807) is 48.7 Å². The van der Waals surface area contributed by atoms with Gasteiger partial charge < -0.3 is 10.6 Å². The molecule has 1 aliphatic heterocycles. The molecule has 1 saturated heterocycles. The van der Waals surface area contributed by atoms with Crippen molar-refractivity contribution in [3.05, 3.63) is 70.6 Å². The molecule has 0 saturated carbocycles. The highest BCUT2D eigenvalue weighted by Crippen LogP contribution is 2.32. The fourth-order valence-electron chi connectivity index (χ4n) is 4.86. The van der Waals surface area contributed by atoms with E-state index in [2.05, 4.69) is 30.8 Å². The van der Waals surface area contributed by atoms with E-state index in [1.807, 2.05) is 0 Å². The Morgan fingerprint density at radius 1 is 1.02 bits per heavy atom. The number of anilines is 1. The number of carbonyl (C=O) groups is 3.